The first kappa shape index (κ1) is 11.0. The molecule has 2 aromatic rings. The minimum Gasteiger partial charge on any atom is -0.307 e. The first-order chi connectivity index (χ1) is 7.81. The van der Waals surface area contributed by atoms with Crippen LogP contribution < -0.4 is 5.32 Å². The van der Waals surface area contributed by atoms with E-state index in [0.717, 1.165) is 16.4 Å². The van der Waals surface area contributed by atoms with Gasteiger partial charge in [0.15, 0.2) is 0 Å². The van der Waals surface area contributed by atoms with Crippen molar-refractivity contribution in [3.8, 4) is 0 Å². The van der Waals surface area contributed by atoms with Gasteiger partial charge >= 0.3 is 0 Å². The van der Waals surface area contributed by atoms with E-state index in [9.17, 15) is 0 Å². The van der Waals surface area contributed by atoms with Crippen molar-refractivity contribution in [2.45, 2.75) is 6.04 Å². The molecule has 0 unspecified atom stereocenters. The van der Waals surface area contributed by atoms with E-state index < -0.39 is 0 Å². The number of hydrogen-bond donors (Lipinski definition) is 1. The van der Waals surface area contributed by atoms with Gasteiger partial charge in [-0.05, 0) is 30.8 Å². The summed E-state index contributed by atoms with van der Waals surface area (Å²) in [6.07, 6.45) is 3.48. The van der Waals surface area contributed by atoms with Gasteiger partial charge in [0.05, 0.1) is 6.04 Å². The molecule has 0 fully saturated rings. The topological polar surface area (TPSA) is 37.8 Å². The largest absolute Gasteiger partial charge is 0.307 e. The Bertz CT molecular complexity index is 442. The third-order valence-corrected chi connectivity index (χ3v) is 2.59. The highest BCUT2D eigenvalue weighted by Crippen LogP contribution is 2.19. The number of aromatic nitrogens is 2. The van der Waals surface area contributed by atoms with E-state index in [1.54, 1.807) is 18.5 Å². The molecule has 1 heterocycles. The summed E-state index contributed by atoms with van der Waals surface area (Å²) in [4.78, 5) is 8.48. The number of halogens is 1. The van der Waals surface area contributed by atoms with Crippen LogP contribution in [0.4, 0.5) is 0 Å². The molecule has 0 aliphatic heterocycles. The Kier molecular flexibility index (Phi) is 3.49. The van der Waals surface area contributed by atoms with Crippen LogP contribution in [0, 0.1) is 0 Å². The predicted molar refractivity (Wildman–Crippen MR) is 64.4 cm³/mol. The zero-order valence-electron chi connectivity index (χ0n) is 8.89. The number of hydrogen-bond acceptors (Lipinski definition) is 3. The lowest BCUT2D eigenvalue weighted by atomic mass is 10.1. The summed E-state index contributed by atoms with van der Waals surface area (Å²) in [5, 5.41) is 3.92. The fourth-order valence-electron chi connectivity index (χ4n) is 1.56. The van der Waals surface area contributed by atoms with Gasteiger partial charge in [0.1, 0.15) is 5.82 Å². The molecule has 0 spiro atoms. The van der Waals surface area contributed by atoms with Gasteiger partial charge in [-0.15, -0.1) is 0 Å². The van der Waals surface area contributed by atoms with Crippen molar-refractivity contribution in [3.63, 3.8) is 0 Å². The predicted octanol–water partition coefficient (Wildman–Crippen LogP) is 2.44. The van der Waals surface area contributed by atoms with Gasteiger partial charge in [0, 0.05) is 17.4 Å². The minimum atomic E-state index is -0.00142. The van der Waals surface area contributed by atoms with E-state index in [2.05, 4.69) is 15.3 Å². The number of nitrogens with one attached hydrogen (secondary N) is 1. The van der Waals surface area contributed by atoms with E-state index in [1.165, 1.54) is 0 Å². The van der Waals surface area contributed by atoms with Crippen molar-refractivity contribution < 1.29 is 0 Å². The van der Waals surface area contributed by atoms with Gasteiger partial charge in [-0.2, -0.15) is 0 Å². The van der Waals surface area contributed by atoms with Crippen LogP contribution in [0.5, 0.6) is 0 Å². The highest BCUT2D eigenvalue weighted by Gasteiger charge is 2.13. The molecular formula is C12H12ClN3. The van der Waals surface area contributed by atoms with Crippen molar-refractivity contribution in [2.24, 2.45) is 0 Å². The Morgan fingerprint density at radius 1 is 1.12 bits per heavy atom. The maximum Gasteiger partial charge on any atom is 0.149 e. The van der Waals surface area contributed by atoms with Crippen LogP contribution in [0.2, 0.25) is 5.02 Å². The van der Waals surface area contributed by atoms with Crippen LogP contribution in [-0.2, 0) is 0 Å². The highest BCUT2D eigenvalue weighted by atomic mass is 35.5. The molecule has 1 aromatic carbocycles. The van der Waals surface area contributed by atoms with Crippen molar-refractivity contribution in [2.75, 3.05) is 7.05 Å². The molecular weight excluding hydrogens is 222 g/mol. The smallest absolute Gasteiger partial charge is 0.149 e. The first-order valence-electron chi connectivity index (χ1n) is 5.01. The van der Waals surface area contributed by atoms with Gasteiger partial charge in [-0.3, -0.25) is 0 Å². The second-order valence-electron chi connectivity index (χ2n) is 3.38. The zero-order valence-corrected chi connectivity index (χ0v) is 9.65. The van der Waals surface area contributed by atoms with Crippen molar-refractivity contribution >= 4 is 11.6 Å². The van der Waals surface area contributed by atoms with E-state index in [4.69, 9.17) is 11.6 Å². The monoisotopic (exact) mass is 233 g/mol. The van der Waals surface area contributed by atoms with Crippen LogP contribution in [0.1, 0.15) is 17.4 Å². The Morgan fingerprint density at radius 3 is 2.31 bits per heavy atom. The Labute approximate surface area is 99.5 Å². The van der Waals surface area contributed by atoms with Crippen molar-refractivity contribution in [1.82, 2.24) is 15.3 Å². The molecule has 1 aromatic heterocycles. The molecule has 4 heteroatoms. The van der Waals surface area contributed by atoms with Gasteiger partial charge in [0.2, 0.25) is 0 Å². The minimum absolute atomic E-state index is 0.00142. The molecule has 1 N–H and O–H groups in total. The Hall–Kier alpha value is -1.45. The molecule has 0 aliphatic rings. The molecule has 0 saturated heterocycles. The van der Waals surface area contributed by atoms with E-state index in [1.807, 2.05) is 31.3 Å². The summed E-state index contributed by atoms with van der Waals surface area (Å²) >= 11 is 5.85. The van der Waals surface area contributed by atoms with Crippen LogP contribution in [0.15, 0.2) is 42.7 Å². The molecule has 3 nitrogen and oxygen atoms in total. The summed E-state index contributed by atoms with van der Waals surface area (Å²) in [6.45, 7) is 0. The summed E-state index contributed by atoms with van der Waals surface area (Å²) in [6, 6.07) is 9.48. The lowest BCUT2D eigenvalue weighted by molar-refractivity contribution is 0.646. The lowest BCUT2D eigenvalue weighted by Crippen LogP contribution is -2.19. The fourth-order valence-corrected chi connectivity index (χ4v) is 1.69. The second kappa shape index (κ2) is 5.05. The maximum absolute atomic E-state index is 5.85. The standard InChI is InChI=1S/C12H12ClN3/c1-14-11(12-15-7-2-8-16-12)9-3-5-10(13)6-4-9/h2-8,11,14H,1H3/t11-/m1/s1. The third-order valence-electron chi connectivity index (χ3n) is 2.34. The summed E-state index contributed by atoms with van der Waals surface area (Å²) in [7, 11) is 1.88. The van der Waals surface area contributed by atoms with E-state index >= 15 is 0 Å². The Balaban J connectivity index is 2.33. The van der Waals surface area contributed by atoms with Gasteiger partial charge < -0.3 is 5.32 Å². The molecule has 82 valence electrons. The molecule has 2 rings (SSSR count). The van der Waals surface area contributed by atoms with Crippen LogP contribution in [0.25, 0.3) is 0 Å². The number of rotatable bonds is 3. The van der Waals surface area contributed by atoms with Crippen molar-refractivity contribution in [1.29, 1.82) is 0 Å². The molecule has 0 radical (unpaired) electrons. The molecule has 0 saturated carbocycles. The normalized spacial score (nSPS) is 12.4. The lowest BCUT2D eigenvalue weighted by Gasteiger charge is -2.14. The average Bonchev–Trinajstić information content (AvgIpc) is 2.34. The van der Waals surface area contributed by atoms with Crippen LogP contribution in [0.3, 0.4) is 0 Å². The average molecular weight is 234 g/mol. The van der Waals surface area contributed by atoms with Gasteiger partial charge in [-0.1, -0.05) is 23.7 Å². The molecule has 0 bridgehead atoms. The quantitative estimate of drug-likeness (QED) is 0.885. The highest BCUT2D eigenvalue weighted by molar-refractivity contribution is 6.30. The molecule has 0 amide bonds. The summed E-state index contributed by atoms with van der Waals surface area (Å²) in [5.74, 6) is 0.757. The molecule has 0 aliphatic carbocycles. The SMILES string of the molecule is CN[C@H](c1ccc(Cl)cc1)c1ncccn1. The van der Waals surface area contributed by atoms with E-state index in [0.29, 0.717) is 0 Å². The molecule has 1 atom stereocenters. The number of nitrogens with zero attached hydrogens (tertiary/aromatic N) is 2. The number of benzene rings is 1. The zero-order chi connectivity index (χ0) is 11.4. The fraction of sp³-hybridized carbons (Fsp3) is 0.167. The third kappa shape index (κ3) is 2.38. The van der Waals surface area contributed by atoms with E-state index in [-0.39, 0.29) is 6.04 Å². The van der Waals surface area contributed by atoms with Crippen molar-refractivity contribution in [3.05, 3.63) is 59.1 Å². The molecule has 16 heavy (non-hydrogen) atoms. The second-order valence-corrected chi connectivity index (χ2v) is 3.82. The summed E-state index contributed by atoms with van der Waals surface area (Å²) < 4.78 is 0. The summed E-state index contributed by atoms with van der Waals surface area (Å²) in [5.41, 5.74) is 1.10. The maximum atomic E-state index is 5.85. The Morgan fingerprint density at radius 2 is 1.75 bits per heavy atom. The van der Waals surface area contributed by atoms with Gasteiger partial charge in [0.25, 0.3) is 0 Å². The van der Waals surface area contributed by atoms with Crippen LogP contribution >= 0.6 is 11.6 Å². The van der Waals surface area contributed by atoms with Crippen LogP contribution in [-0.4, -0.2) is 17.0 Å². The van der Waals surface area contributed by atoms with Gasteiger partial charge in [-0.25, -0.2) is 9.97 Å². The first-order valence-corrected chi connectivity index (χ1v) is 5.38.